The SMILES string of the molecule is COc1c(C)cc(Cl)cc1CNC(=O)C(C)N. The molecule has 94 valence electrons. The predicted octanol–water partition coefficient (Wildman–Crippen LogP) is 1.62. The first kappa shape index (κ1) is 13.8. The Bertz CT molecular complexity index is 419. The van der Waals surface area contributed by atoms with Crippen molar-refractivity contribution in [2.45, 2.75) is 26.4 Å². The lowest BCUT2D eigenvalue weighted by molar-refractivity contribution is -0.122. The number of rotatable bonds is 4. The third kappa shape index (κ3) is 3.61. The van der Waals surface area contributed by atoms with Gasteiger partial charge in [-0.1, -0.05) is 11.6 Å². The monoisotopic (exact) mass is 256 g/mol. The van der Waals surface area contributed by atoms with Crippen molar-refractivity contribution in [2.75, 3.05) is 7.11 Å². The number of hydrogen-bond donors (Lipinski definition) is 2. The smallest absolute Gasteiger partial charge is 0.236 e. The Morgan fingerprint density at radius 1 is 1.59 bits per heavy atom. The molecule has 0 aliphatic carbocycles. The van der Waals surface area contributed by atoms with Gasteiger partial charge in [-0.15, -0.1) is 0 Å². The number of halogens is 1. The molecule has 1 amide bonds. The third-order valence-electron chi connectivity index (χ3n) is 2.39. The fourth-order valence-electron chi connectivity index (χ4n) is 1.57. The summed E-state index contributed by atoms with van der Waals surface area (Å²) in [6.45, 7) is 3.89. The second kappa shape index (κ2) is 5.89. The standard InChI is InChI=1S/C12H17ClN2O2/c1-7-4-10(13)5-9(11(7)17-3)6-15-12(16)8(2)14/h4-5,8H,6,14H2,1-3H3,(H,15,16). The van der Waals surface area contributed by atoms with Crippen molar-refractivity contribution in [2.24, 2.45) is 5.73 Å². The minimum absolute atomic E-state index is 0.204. The van der Waals surface area contributed by atoms with Gasteiger partial charge in [0.2, 0.25) is 5.91 Å². The van der Waals surface area contributed by atoms with Gasteiger partial charge in [-0.05, 0) is 31.5 Å². The highest BCUT2D eigenvalue weighted by Gasteiger charge is 2.11. The fraction of sp³-hybridized carbons (Fsp3) is 0.417. The molecule has 1 rings (SSSR count). The number of ether oxygens (including phenoxy) is 1. The summed E-state index contributed by atoms with van der Waals surface area (Å²) < 4.78 is 5.28. The van der Waals surface area contributed by atoms with Crippen LogP contribution < -0.4 is 15.8 Å². The molecular formula is C12H17ClN2O2. The van der Waals surface area contributed by atoms with Crippen molar-refractivity contribution in [1.29, 1.82) is 0 Å². The maximum atomic E-state index is 11.4. The predicted molar refractivity (Wildman–Crippen MR) is 68.2 cm³/mol. The topological polar surface area (TPSA) is 64.3 Å². The molecule has 1 atom stereocenters. The minimum atomic E-state index is -0.527. The van der Waals surface area contributed by atoms with E-state index >= 15 is 0 Å². The molecule has 0 saturated carbocycles. The maximum absolute atomic E-state index is 11.4. The summed E-state index contributed by atoms with van der Waals surface area (Å²) >= 11 is 5.96. The van der Waals surface area contributed by atoms with E-state index in [0.29, 0.717) is 11.6 Å². The summed E-state index contributed by atoms with van der Waals surface area (Å²) in [5.41, 5.74) is 7.24. The molecule has 4 nitrogen and oxygen atoms in total. The summed E-state index contributed by atoms with van der Waals surface area (Å²) in [6, 6.07) is 3.06. The van der Waals surface area contributed by atoms with Crippen molar-refractivity contribution in [3.8, 4) is 5.75 Å². The molecule has 1 unspecified atom stereocenters. The summed E-state index contributed by atoms with van der Waals surface area (Å²) in [4.78, 5) is 11.4. The normalized spacial score (nSPS) is 12.1. The third-order valence-corrected chi connectivity index (χ3v) is 2.61. The van der Waals surface area contributed by atoms with E-state index in [4.69, 9.17) is 22.1 Å². The molecule has 1 aromatic rings. The summed E-state index contributed by atoms with van der Waals surface area (Å²) in [5.74, 6) is 0.532. The number of nitrogens with one attached hydrogen (secondary N) is 1. The van der Waals surface area contributed by atoms with E-state index in [0.717, 1.165) is 16.9 Å². The van der Waals surface area contributed by atoms with Crippen molar-refractivity contribution >= 4 is 17.5 Å². The van der Waals surface area contributed by atoms with Crippen LogP contribution in [0.1, 0.15) is 18.1 Å². The van der Waals surface area contributed by atoms with Crippen molar-refractivity contribution in [3.63, 3.8) is 0 Å². The van der Waals surface area contributed by atoms with E-state index < -0.39 is 6.04 Å². The lowest BCUT2D eigenvalue weighted by Crippen LogP contribution is -2.37. The van der Waals surface area contributed by atoms with Gasteiger partial charge in [0.05, 0.1) is 13.2 Å². The molecule has 0 aliphatic rings. The number of aryl methyl sites for hydroxylation is 1. The average molecular weight is 257 g/mol. The summed E-state index contributed by atoms with van der Waals surface area (Å²) in [7, 11) is 1.59. The summed E-state index contributed by atoms with van der Waals surface area (Å²) in [6.07, 6.45) is 0. The first-order valence-electron chi connectivity index (χ1n) is 5.32. The van der Waals surface area contributed by atoms with E-state index in [1.807, 2.05) is 13.0 Å². The van der Waals surface area contributed by atoms with Crippen LogP contribution in [0.5, 0.6) is 5.75 Å². The molecule has 0 radical (unpaired) electrons. The highest BCUT2D eigenvalue weighted by Crippen LogP contribution is 2.27. The lowest BCUT2D eigenvalue weighted by atomic mass is 10.1. The average Bonchev–Trinajstić information content (AvgIpc) is 2.24. The number of carbonyl (C=O) groups excluding carboxylic acids is 1. The zero-order valence-corrected chi connectivity index (χ0v) is 11.0. The van der Waals surface area contributed by atoms with Gasteiger partial charge in [-0.25, -0.2) is 0 Å². The Labute approximate surface area is 106 Å². The van der Waals surface area contributed by atoms with E-state index in [2.05, 4.69) is 5.32 Å². The van der Waals surface area contributed by atoms with Crippen LogP contribution in [0.2, 0.25) is 5.02 Å². The first-order valence-corrected chi connectivity index (χ1v) is 5.69. The molecule has 17 heavy (non-hydrogen) atoms. The molecule has 0 saturated heterocycles. The van der Waals surface area contributed by atoms with Gasteiger partial charge in [-0.2, -0.15) is 0 Å². The first-order chi connectivity index (χ1) is 7.95. The van der Waals surface area contributed by atoms with Crippen LogP contribution in [0.3, 0.4) is 0 Å². The van der Waals surface area contributed by atoms with Crippen LogP contribution in [0, 0.1) is 6.92 Å². The van der Waals surface area contributed by atoms with Crippen molar-refractivity contribution < 1.29 is 9.53 Å². The van der Waals surface area contributed by atoms with Gasteiger partial charge >= 0.3 is 0 Å². The van der Waals surface area contributed by atoms with Crippen molar-refractivity contribution in [3.05, 3.63) is 28.3 Å². The van der Waals surface area contributed by atoms with E-state index in [1.54, 1.807) is 20.1 Å². The highest BCUT2D eigenvalue weighted by molar-refractivity contribution is 6.30. The highest BCUT2D eigenvalue weighted by atomic mass is 35.5. The molecule has 0 heterocycles. The second-order valence-electron chi connectivity index (χ2n) is 3.92. The molecule has 3 N–H and O–H groups in total. The molecular weight excluding hydrogens is 240 g/mol. The van der Waals surface area contributed by atoms with Gasteiger partial charge in [0, 0.05) is 17.1 Å². The lowest BCUT2D eigenvalue weighted by Gasteiger charge is -2.13. The number of hydrogen-bond acceptors (Lipinski definition) is 3. The maximum Gasteiger partial charge on any atom is 0.236 e. The van der Waals surface area contributed by atoms with Gasteiger partial charge < -0.3 is 15.8 Å². The Hall–Kier alpha value is -1.26. The quantitative estimate of drug-likeness (QED) is 0.861. The zero-order valence-electron chi connectivity index (χ0n) is 10.2. The van der Waals surface area contributed by atoms with Crippen LogP contribution in [0.15, 0.2) is 12.1 Å². The molecule has 0 bridgehead atoms. The van der Waals surface area contributed by atoms with Crippen LogP contribution in [0.25, 0.3) is 0 Å². The molecule has 0 aliphatic heterocycles. The van der Waals surface area contributed by atoms with Crippen LogP contribution in [0.4, 0.5) is 0 Å². The number of carbonyl (C=O) groups is 1. The summed E-state index contributed by atoms with van der Waals surface area (Å²) in [5, 5.41) is 3.34. The van der Waals surface area contributed by atoms with Crippen LogP contribution >= 0.6 is 11.6 Å². The van der Waals surface area contributed by atoms with E-state index in [-0.39, 0.29) is 5.91 Å². The Balaban J connectivity index is 2.86. The number of amides is 1. The van der Waals surface area contributed by atoms with Gasteiger partial charge in [0.15, 0.2) is 0 Å². The molecule has 0 fully saturated rings. The number of benzene rings is 1. The van der Waals surface area contributed by atoms with E-state index in [9.17, 15) is 4.79 Å². The molecule has 1 aromatic carbocycles. The van der Waals surface area contributed by atoms with Gasteiger partial charge in [-0.3, -0.25) is 4.79 Å². The Morgan fingerprint density at radius 2 is 2.24 bits per heavy atom. The second-order valence-corrected chi connectivity index (χ2v) is 4.36. The number of nitrogens with two attached hydrogens (primary N) is 1. The van der Waals surface area contributed by atoms with Gasteiger partial charge in [0.1, 0.15) is 5.75 Å². The minimum Gasteiger partial charge on any atom is -0.496 e. The Kier molecular flexibility index (Phi) is 4.78. The molecule has 5 heteroatoms. The zero-order chi connectivity index (χ0) is 13.0. The van der Waals surface area contributed by atoms with E-state index in [1.165, 1.54) is 0 Å². The molecule has 0 spiro atoms. The molecule has 0 aromatic heterocycles. The van der Waals surface area contributed by atoms with Gasteiger partial charge in [0.25, 0.3) is 0 Å². The van der Waals surface area contributed by atoms with Crippen molar-refractivity contribution in [1.82, 2.24) is 5.32 Å². The fourth-order valence-corrected chi connectivity index (χ4v) is 1.86. The largest absolute Gasteiger partial charge is 0.496 e. The van der Waals surface area contributed by atoms with Crippen LogP contribution in [-0.4, -0.2) is 19.1 Å². The Morgan fingerprint density at radius 3 is 2.76 bits per heavy atom. The van der Waals surface area contributed by atoms with Crippen LogP contribution in [-0.2, 0) is 11.3 Å². The number of methoxy groups -OCH3 is 1.